The van der Waals surface area contributed by atoms with Gasteiger partial charge in [0.1, 0.15) is 0 Å². The van der Waals surface area contributed by atoms with E-state index in [9.17, 15) is 4.57 Å². The third-order valence-electron chi connectivity index (χ3n) is 0.688. The van der Waals surface area contributed by atoms with Crippen molar-refractivity contribution < 1.29 is 30.2 Å². The average Bonchev–Trinajstić information content (AvgIpc) is 1.53. The van der Waals surface area contributed by atoms with Gasteiger partial charge < -0.3 is 10.7 Å². The van der Waals surface area contributed by atoms with Gasteiger partial charge in [0.25, 0.3) is 0 Å². The maximum absolute atomic E-state index is 11.4. The van der Waals surface area contributed by atoms with E-state index in [2.05, 4.69) is 12.2 Å². The van der Waals surface area contributed by atoms with E-state index in [0.29, 0.717) is 0 Å². The van der Waals surface area contributed by atoms with Gasteiger partial charge in [-0.2, -0.15) is 0 Å². The molecular formula is C6H18NO2PS2W. The van der Waals surface area contributed by atoms with E-state index < -0.39 is 5.77 Å². The Morgan fingerprint density at radius 3 is 1.92 bits per heavy atom. The van der Waals surface area contributed by atoms with E-state index in [1.165, 1.54) is 11.4 Å². The van der Waals surface area contributed by atoms with E-state index in [0.717, 1.165) is 0 Å². The molecule has 0 saturated heterocycles. The molecule has 0 aromatic heterocycles. The zero-order chi connectivity index (χ0) is 9.07. The van der Waals surface area contributed by atoms with E-state index in [1.54, 1.807) is 0 Å². The van der Waals surface area contributed by atoms with Crippen molar-refractivity contribution in [3.05, 3.63) is 0 Å². The molecule has 0 spiro atoms. The van der Waals surface area contributed by atoms with Crippen LogP contribution in [-0.4, -0.2) is 11.4 Å². The first kappa shape index (κ1) is 20.0. The van der Waals surface area contributed by atoms with E-state index in [4.69, 9.17) is 4.52 Å². The Morgan fingerprint density at radius 2 is 1.69 bits per heavy atom. The fourth-order valence-electron chi connectivity index (χ4n) is 0.558. The predicted octanol–water partition coefficient (Wildman–Crippen LogP) is 3.75. The normalized spacial score (nSPS) is 14.7. The first-order valence-corrected chi connectivity index (χ1v) is 7.79. The second kappa shape index (κ2) is 8.82. The summed E-state index contributed by atoms with van der Waals surface area (Å²) in [5.74, 6) is -2.69. The summed E-state index contributed by atoms with van der Waals surface area (Å²) >= 11 is 5.24. The van der Waals surface area contributed by atoms with Gasteiger partial charge in [0.15, 0.2) is 0 Å². The van der Waals surface area contributed by atoms with Crippen LogP contribution in [0.15, 0.2) is 0 Å². The Hall–Kier alpha value is 1.54. The molecule has 13 heavy (non-hydrogen) atoms. The number of hydrogen-bond acceptors (Lipinski definition) is 4. The molecular weight excluding hydrogens is 397 g/mol. The molecule has 7 heteroatoms. The topological polar surface area (TPSA) is 61.3 Å². The summed E-state index contributed by atoms with van der Waals surface area (Å²) in [4.78, 5) is 0. The van der Waals surface area contributed by atoms with Crippen LogP contribution in [0.5, 0.6) is 0 Å². The molecule has 0 aliphatic heterocycles. The van der Waals surface area contributed by atoms with Crippen LogP contribution in [0.2, 0.25) is 0 Å². The summed E-state index contributed by atoms with van der Waals surface area (Å²) in [6, 6.07) is 0. The van der Waals surface area contributed by atoms with Crippen LogP contribution < -0.4 is 6.15 Å². The van der Waals surface area contributed by atoms with Crippen molar-refractivity contribution in [1.82, 2.24) is 6.15 Å². The van der Waals surface area contributed by atoms with Crippen molar-refractivity contribution in [3.63, 3.8) is 0 Å². The first-order chi connectivity index (χ1) is 4.83. The van der Waals surface area contributed by atoms with Crippen molar-refractivity contribution in [2.75, 3.05) is 0 Å². The van der Waals surface area contributed by atoms with E-state index >= 15 is 0 Å². The Morgan fingerprint density at radius 1 is 1.31 bits per heavy atom. The maximum atomic E-state index is 11.4. The fraction of sp³-hybridized carbons (Fsp3) is 1.00. The van der Waals surface area contributed by atoms with Crippen molar-refractivity contribution >= 4 is 29.4 Å². The molecule has 0 saturated carbocycles. The zero-order valence-corrected chi connectivity index (χ0v) is 13.9. The van der Waals surface area contributed by atoms with E-state index in [1.807, 2.05) is 27.7 Å². The molecule has 3 nitrogen and oxygen atoms in total. The standard InChI is InChI=1S/C6H15O2PS2.H3N.W/c1-5(2)8-9(7,10)11-6(3)4;;/h5-6H,1-4H3,(H,7,10);1H3;. The SMILES string of the molecule is CC(C)OP(=O)(S)SC(C)C.N.[W]. The van der Waals surface area contributed by atoms with Crippen molar-refractivity contribution in [3.8, 4) is 0 Å². The monoisotopic (exact) mass is 415 g/mol. The van der Waals surface area contributed by atoms with Gasteiger partial charge in [-0.3, -0.25) is 4.57 Å². The summed E-state index contributed by atoms with van der Waals surface area (Å²) < 4.78 is 16.6. The quantitative estimate of drug-likeness (QED) is 0.543. The second-order valence-electron chi connectivity index (χ2n) is 2.78. The largest absolute Gasteiger partial charge is 0.344 e. The van der Waals surface area contributed by atoms with Crippen LogP contribution >= 0.6 is 29.4 Å². The summed E-state index contributed by atoms with van der Waals surface area (Å²) in [5, 5.41) is 0.289. The van der Waals surface area contributed by atoms with Crippen LogP contribution in [0.4, 0.5) is 0 Å². The summed E-state index contributed by atoms with van der Waals surface area (Å²) in [6.07, 6.45) is -0.0235. The molecule has 0 amide bonds. The van der Waals surface area contributed by atoms with Crippen molar-refractivity contribution in [1.29, 1.82) is 0 Å². The van der Waals surface area contributed by atoms with Gasteiger partial charge in [0.2, 0.25) is 0 Å². The molecule has 0 aromatic carbocycles. The number of rotatable bonds is 4. The summed E-state index contributed by atoms with van der Waals surface area (Å²) in [6.45, 7) is 7.64. The van der Waals surface area contributed by atoms with Gasteiger partial charge in [-0.25, -0.2) is 0 Å². The molecule has 82 valence electrons. The Balaban J connectivity index is -0.000000500. The van der Waals surface area contributed by atoms with Crippen LogP contribution in [-0.2, 0) is 30.2 Å². The summed E-state index contributed by atoms with van der Waals surface area (Å²) in [5.41, 5.74) is 0. The number of hydrogen-bond donors (Lipinski definition) is 2. The Labute approximate surface area is 104 Å². The first-order valence-electron chi connectivity index (χ1n) is 3.53. The molecule has 0 aliphatic carbocycles. The molecule has 1 atom stereocenters. The molecule has 1 unspecified atom stereocenters. The second-order valence-corrected chi connectivity index (χ2v) is 9.54. The minimum Gasteiger partial charge on any atom is -0.344 e. The van der Waals surface area contributed by atoms with Crippen LogP contribution in [0.1, 0.15) is 27.7 Å². The molecule has 0 radical (unpaired) electrons. The van der Waals surface area contributed by atoms with Crippen molar-refractivity contribution in [2.45, 2.75) is 39.0 Å². The van der Waals surface area contributed by atoms with Crippen LogP contribution in [0.25, 0.3) is 0 Å². The van der Waals surface area contributed by atoms with Gasteiger partial charge in [0, 0.05) is 26.3 Å². The van der Waals surface area contributed by atoms with Gasteiger partial charge in [0.05, 0.1) is 6.10 Å². The molecule has 0 heterocycles. The van der Waals surface area contributed by atoms with Gasteiger partial charge in [-0.1, -0.05) is 37.5 Å². The predicted molar refractivity (Wildman–Crippen MR) is 60.6 cm³/mol. The third-order valence-corrected chi connectivity index (χ3v) is 5.52. The maximum Gasteiger partial charge on any atom is 0.310 e. The molecule has 3 N–H and O–H groups in total. The van der Waals surface area contributed by atoms with Crippen LogP contribution in [0.3, 0.4) is 0 Å². The third kappa shape index (κ3) is 13.5. The smallest absolute Gasteiger partial charge is 0.310 e. The van der Waals surface area contributed by atoms with Gasteiger partial charge >= 0.3 is 5.77 Å². The molecule has 0 aliphatic rings. The minimum absolute atomic E-state index is 0. The minimum atomic E-state index is -2.69. The molecule has 0 aromatic rings. The van der Waals surface area contributed by atoms with Gasteiger partial charge in [-0.15, -0.1) is 0 Å². The average molecular weight is 415 g/mol. The molecule has 0 bridgehead atoms. The molecule has 0 fully saturated rings. The Bertz CT molecular complexity index is 155. The van der Waals surface area contributed by atoms with Crippen LogP contribution in [0, 0.1) is 0 Å². The number of thiol groups is 1. The van der Waals surface area contributed by atoms with Crippen molar-refractivity contribution in [2.24, 2.45) is 0 Å². The zero-order valence-electron chi connectivity index (χ0n) is 8.39. The Kier molecular flexibility index (Phi) is 13.6. The van der Waals surface area contributed by atoms with Gasteiger partial charge in [-0.05, 0) is 13.8 Å². The summed E-state index contributed by atoms with van der Waals surface area (Å²) in [7, 11) is 0. The molecule has 0 rings (SSSR count). The van der Waals surface area contributed by atoms with E-state index in [-0.39, 0.29) is 38.6 Å². The fourth-order valence-corrected chi connectivity index (χ4v) is 6.20.